The highest BCUT2D eigenvalue weighted by Gasteiger charge is 2.12. The number of fused-ring (bicyclic) bond motifs is 2. The number of hydrogen-bond donors (Lipinski definition) is 2. The van der Waals surface area contributed by atoms with Gasteiger partial charge in [0.15, 0.2) is 11.5 Å². The quantitative estimate of drug-likeness (QED) is 0.559. The molecule has 4 rings (SSSR count). The highest BCUT2D eigenvalue weighted by molar-refractivity contribution is 6.00. The number of carbonyl (C=O) groups excluding carboxylic acids is 1. The van der Waals surface area contributed by atoms with E-state index in [1.807, 2.05) is 36.4 Å². The van der Waals surface area contributed by atoms with Crippen LogP contribution in [0.3, 0.4) is 0 Å². The minimum Gasteiger partial charge on any atom is -0.496 e. The van der Waals surface area contributed by atoms with Gasteiger partial charge in [-0.15, -0.1) is 0 Å². The Morgan fingerprint density at radius 1 is 1.19 bits per heavy atom. The van der Waals surface area contributed by atoms with Gasteiger partial charge in [0, 0.05) is 10.9 Å². The molecule has 26 heavy (non-hydrogen) atoms. The number of amides is 1. The van der Waals surface area contributed by atoms with Crippen LogP contribution >= 0.6 is 0 Å². The lowest BCUT2D eigenvalue weighted by molar-refractivity contribution is 0.0951. The molecule has 2 N–H and O–H groups in total. The van der Waals surface area contributed by atoms with Crippen LogP contribution in [0.4, 0.5) is 0 Å². The molecule has 2 aromatic carbocycles. The smallest absolute Gasteiger partial charge is 0.287 e. The van der Waals surface area contributed by atoms with Crippen LogP contribution in [0.2, 0.25) is 0 Å². The van der Waals surface area contributed by atoms with Gasteiger partial charge in [-0.05, 0) is 42.0 Å². The van der Waals surface area contributed by atoms with Crippen molar-refractivity contribution in [1.82, 2.24) is 10.4 Å². The Morgan fingerprint density at radius 2 is 2.04 bits per heavy atom. The maximum absolute atomic E-state index is 12.3. The Labute approximate surface area is 149 Å². The molecule has 132 valence electrons. The number of carbonyl (C=O) groups is 1. The molecule has 0 saturated carbocycles. The van der Waals surface area contributed by atoms with E-state index in [1.54, 1.807) is 19.4 Å². The van der Waals surface area contributed by atoms with Gasteiger partial charge in [0.25, 0.3) is 5.91 Å². The number of nitrogens with one attached hydrogen (secondary N) is 2. The highest BCUT2D eigenvalue weighted by Crippen LogP contribution is 2.30. The molecule has 3 aromatic rings. The van der Waals surface area contributed by atoms with E-state index in [2.05, 4.69) is 15.5 Å². The fraction of sp³-hybridized carbons (Fsp3) is 0.158. The number of methoxy groups -OCH3 is 1. The maximum atomic E-state index is 12.3. The van der Waals surface area contributed by atoms with E-state index in [-0.39, 0.29) is 5.91 Å². The second kappa shape index (κ2) is 6.79. The average Bonchev–Trinajstić information content (AvgIpc) is 3.12. The summed E-state index contributed by atoms with van der Waals surface area (Å²) in [6.45, 7) is 1.07. The summed E-state index contributed by atoms with van der Waals surface area (Å²) in [5.74, 6) is 1.76. The molecule has 0 atom stereocenters. The van der Waals surface area contributed by atoms with E-state index in [0.717, 1.165) is 16.5 Å². The van der Waals surface area contributed by atoms with Gasteiger partial charge in [-0.2, -0.15) is 5.10 Å². The number of aromatic nitrogens is 1. The van der Waals surface area contributed by atoms with E-state index < -0.39 is 0 Å². The summed E-state index contributed by atoms with van der Waals surface area (Å²) in [6, 6.07) is 12.8. The lowest BCUT2D eigenvalue weighted by atomic mass is 10.2. The SMILES string of the molecule is COc1cccc2[nH]c(C(=O)NN=Cc3ccc4c(c3)OCCO4)cc12. The van der Waals surface area contributed by atoms with E-state index in [0.29, 0.717) is 36.2 Å². The fourth-order valence-electron chi connectivity index (χ4n) is 2.79. The van der Waals surface area contributed by atoms with Crippen molar-refractivity contribution in [3.05, 3.63) is 53.7 Å². The molecule has 0 saturated heterocycles. The third kappa shape index (κ3) is 3.06. The van der Waals surface area contributed by atoms with E-state index in [4.69, 9.17) is 14.2 Å². The predicted octanol–water partition coefficient (Wildman–Crippen LogP) is 2.71. The summed E-state index contributed by atoms with van der Waals surface area (Å²) < 4.78 is 16.3. The number of aromatic amines is 1. The molecule has 0 aliphatic carbocycles. The third-order valence-electron chi connectivity index (χ3n) is 4.03. The molecule has 1 amide bonds. The van der Waals surface area contributed by atoms with Crippen molar-refractivity contribution in [2.45, 2.75) is 0 Å². The van der Waals surface area contributed by atoms with Crippen molar-refractivity contribution < 1.29 is 19.0 Å². The topological polar surface area (TPSA) is 84.9 Å². The van der Waals surface area contributed by atoms with Gasteiger partial charge in [0.05, 0.1) is 13.3 Å². The number of rotatable bonds is 4. The van der Waals surface area contributed by atoms with E-state index in [1.165, 1.54) is 0 Å². The van der Waals surface area contributed by atoms with Gasteiger partial charge in [0.2, 0.25) is 0 Å². The van der Waals surface area contributed by atoms with Crippen LogP contribution in [-0.2, 0) is 0 Å². The van der Waals surface area contributed by atoms with Crippen LogP contribution in [0, 0.1) is 0 Å². The number of hydrogen-bond acceptors (Lipinski definition) is 5. The molecular formula is C19H17N3O4. The Bertz CT molecular complexity index is 994. The molecule has 0 fully saturated rings. The van der Waals surface area contributed by atoms with Crippen LogP contribution in [-0.4, -0.2) is 37.4 Å². The normalized spacial score (nSPS) is 13.1. The van der Waals surface area contributed by atoms with Crippen LogP contribution in [0.1, 0.15) is 16.1 Å². The summed E-state index contributed by atoms with van der Waals surface area (Å²) in [5.41, 5.74) is 4.54. The third-order valence-corrected chi connectivity index (χ3v) is 4.03. The molecule has 2 heterocycles. The molecular weight excluding hydrogens is 334 g/mol. The standard InChI is InChI=1S/C19H17N3O4/c1-24-16-4-2-3-14-13(16)10-15(21-14)19(23)22-20-11-12-5-6-17-18(9-12)26-8-7-25-17/h2-6,9-11,21H,7-8H2,1H3,(H,22,23). The molecule has 0 bridgehead atoms. The Hall–Kier alpha value is -3.48. The zero-order valence-corrected chi connectivity index (χ0v) is 14.1. The number of benzene rings is 2. The molecule has 7 heteroatoms. The molecule has 0 unspecified atom stereocenters. The Balaban J connectivity index is 1.47. The molecule has 0 spiro atoms. The lowest BCUT2D eigenvalue weighted by Crippen LogP contribution is -2.18. The van der Waals surface area contributed by atoms with E-state index >= 15 is 0 Å². The first-order valence-corrected chi connectivity index (χ1v) is 8.13. The van der Waals surface area contributed by atoms with Crippen molar-refractivity contribution in [3.8, 4) is 17.2 Å². The predicted molar refractivity (Wildman–Crippen MR) is 97.3 cm³/mol. The van der Waals surface area contributed by atoms with Gasteiger partial charge in [-0.3, -0.25) is 4.79 Å². The monoisotopic (exact) mass is 351 g/mol. The second-order valence-electron chi connectivity index (χ2n) is 5.71. The number of H-pyrrole nitrogens is 1. The largest absolute Gasteiger partial charge is 0.496 e. The Kier molecular flexibility index (Phi) is 4.18. The van der Waals surface area contributed by atoms with Crippen molar-refractivity contribution in [2.24, 2.45) is 5.10 Å². The van der Waals surface area contributed by atoms with Gasteiger partial charge >= 0.3 is 0 Å². The summed E-state index contributed by atoms with van der Waals surface area (Å²) >= 11 is 0. The molecule has 7 nitrogen and oxygen atoms in total. The number of ether oxygens (including phenoxy) is 3. The zero-order chi connectivity index (χ0) is 17.9. The second-order valence-corrected chi connectivity index (χ2v) is 5.71. The summed E-state index contributed by atoms with van der Waals surface area (Å²) in [7, 11) is 1.60. The van der Waals surface area contributed by atoms with Gasteiger partial charge in [0.1, 0.15) is 24.7 Å². The first-order chi connectivity index (χ1) is 12.7. The summed E-state index contributed by atoms with van der Waals surface area (Å²) in [5, 5.41) is 4.85. The van der Waals surface area contributed by atoms with Crippen molar-refractivity contribution >= 4 is 23.0 Å². The number of nitrogens with zero attached hydrogens (tertiary/aromatic N) is 1. The highest BCUT2D eigenvalue weighted by atomic mass is 16.6. The van der Waals surface area contributed by atoms with Crippen LogP contribution < -0.4 is 19.6 Å². The zero-order valence-electron chi connectivity index (χ0n) is 14.1. The molecule has 1 aliphatic heterocycles. The van der Waals surface area contributed by atoms with Crippen molar-refractivity contribution in [2.75, 3.05) is 20.3 Å². The molecule has 0 radical (unpaired) electrons. The lowest BCUT2D eigenvalue weighted by Gasteiger charge is -2.18. The summed E-state index contributed by atoms with van der Waals surface area (Å²) in [6.07, 6.45) is 1.55. The first kappa shape index (κ1) is 16.0. The maximum Gasteiger partial charge on any atom is 0.287 e. The molecule has 1 aliphatic rings. The van der Waals surface area contributed by atoms with Crippen LogP contribution in [0.25, 0.3) is 10.9 Å². The minimum atomic E-state index is -0.336. The van der Waals surface area contributed by atoms with Gasteiger partial charge < -0.3 is 19.2 Å². The van der Waals surface area contributed by atoms with E-state index in [9.17, 15) is 4.79 Å². The summed E-state index contributed by atoms with van der Waals surface area (Å²) in [4.78, 5) is 15.4. The first-order valence-electron chi connectivity index (χ1n) is 8.13. The average molecular weight is 351 g/mol. The Morgan fingerprint density at radius 3 is 2.88 bits per heavy atom. The van der Waals surface area contributed by atoms with Crippen LogP contribution in [0.5, 0.6) is 17.2 Å². The van der Waals surface area contributed by atoms with Crippen LogP contribution in [0.15, 0.2) is 47.6 Å². The van der Waals surface area contributed by atoms with Crippen molar-refractivity contribution in [3.63, 3.8) is 0 Å². The van der Waals surface area contributed by atoms with Gasteiger partial charge in [-0.1, -0.05) is 6.07 Å². The van der Waals surface area contributed by atoms with Crippen molar-refractivity contribution in [1.29, 1.82) is 0 Å². The number of hydrazone groups is 1. The molecule has 1 aromatic heterocycles. The van der Waals surface area contributed by atoms with Gasteiger partial charge in [-0.25, -0.2) is 5.43 Å². The fourth-order valence-corrected chi connectivity index (χ4v) is 2.79. The minimum absolute atomic E-state index is 0.336.